The van der Waals surface area contributed by atoms with E-state index in [0.717, 1.165) is 31.4 Å². The van der Waals surface area contributed by atoms with Crippen molar-refractivity contribution in [2.45, 2.75) is 51.0 Å². The van der Waals surface area contributed by atoms with Gasteiger partial charge in [-0.05, 0) is 32.6 Å². The Kier molecular flexibility index (Phi) is 5.20. The molecule has 5 rings (SSSR count). The van der Waals surface area contributed by atoms with E-state index in [9.17, 15) is 4.79 Å². The number of nitrogens with two attached hydrogens (primary N) is 1. The molecule has 0 amide bonds. The molecule has 0 unspecified atom stereocenters. The smallest absolute Gasteiger partial charge is 0.205 e. The molecule has 2 aromatic heterocycles. The number of pyridine rings is 2. The number of halogens is 1. The lowest BCUT2D eigenvalue weighted by Crippen LogP contribution is -2.41. The van der Waals surface area contributed by atoms with E-state index in [1.165, 1.54) is 0 Å². The third kappa shape index (κ3) is 3.39. The molecule has 8 heteroatoms. The standard InChI is InChI=1S/C25H26FN5O2/c1-15-13-31-22-18(23(15)32)20(27)19(26)21(24(22)33-14-25(31)9-3-4-10-25)29-11-5-6-16-7-8-17(28-2)12-30-16/h7-8,12-13,29H,3-6,9-11,14,27H2,1H3. The zero-order valence-electron chi connectivity index (χ0n) is 18.6. The van der Waals surface area contributed by atoms with Crippen LogP contribution in [0.5, 0.6) is 5.75 Å². The van der Waals surface area contributed by atoms with E-state index in [2.05, 4.69) is 19.7 Å². The number of hydrogen-bond donors (Lipinski definition) is 2. The Bertz CT molecular complexity index is 1330. The van der Waals surface area contributed by atoms with Gasteiger partial charge in [0, 0.05) is 30.2 Å². The number of hydrogen-bond acceptors (Lipinski definition) is 5. The Morgan fingerprint density at radius 2 is 2.15 bits per heavy atom. The molecule has 3 N–H and O–H groups in total. The van der Waals surface area contributed by atoms with Crippen molar-refractivity contribution in [1.82, 2.24) is 9.55 Å². The van der Waals surface area contributed by atoms with Crippen LogP contribution in [0, 0.1) is 19.3 Å². The molecule has 33 heavy (non-hydrogen) atoms. The fourth-order valence-electron chi connectivity index (χ4n) is 5.16. The maximum absolute atomic E-state index is 15.4. The lowest BCUT2D eigenvalue weighted by Gasteiger charge is -2.39. The van der Waals surface area contributed by atoms with Gasteiger partial charge in [0.25, 0.3) is 0 Å². The molecule has 3 aromatic rings. The highest BCUT2D eigenvalue weighted by Crippen LogP contribution is 2.48. The third-order valence-electron chi connectivity index (χ3n) is 6.93. The largest absolute Gasteiger partial charge is 0.487 e. The van der Waals surface area contributed by atoms with Gasteiger partial charge in [0.2, 0.25) is 5.69 Å². The average molecular weight is 448 g/mol. The number of ether oxygens (including phenoxy) is 1. The maximum Gasteiger partial charge on any atom is 0.205 e. The van der Waals surface area contributed by atoms with E-state index >= 15 is 4.39 Å². The second-order valence-corrected chi connectivity index (χ2v) is 9.04. The first kappa shape index (κ1) is 21.3. The Morgan fingerprint density at radius 1 is 1.36 bits per heavy atom. The summed E-state index contributed by atoms with van der Waals surface area (Å²) in [5.41, 5.74) is 8.34. The number of aromatic nitrogens is 2. The second kappa shape index (κ2) is 8.07. The van der Waals surface area contributed by atoms with E-state index in [-0.39, 0.29) is 27.7 Å². The van der Waals surface area contributed by atoms with Crippen LogP contribution in [0.2, 0.25) is 0 Å². The summed E-state index contributed by atoms with van der Waals surface area (Å²) < 4.78 is 23.7. The third-order valence-corrected chi connectivity index (χ3v) is 6.93. The normalized spacial score (nSPS) is 16.0. The van der Waals surface area contributed by atoms with Crippen LogP contribution in [0.15, 0.2) is 29.3 Å². The minimum absolute atomic E-state index is 0.131. The average Bonchev–Trinajstić information content (AvgIpc) is 3.30. The van der Waals surface area contributed by atoms with E-state index in [1.54, 1.807) is 19.2 Å². The second-order valence-electron chi connectivity index (χ2n) is 9.04. The first-order chi connectivity index (χ1) is 15.9. The molecule has 0 bridgehead atoms. The molecule has 1 saturated carbocycles. The minimum Gasteiger partial charge on any atom is -0.487 e. The molecular formula is C25H26FN5O2. The van der Waals surface area contributed by atoms with Crippen LogP contribution in [0.25, 0.3) is 15.7 Å². The van der Waals surface area contributed by atoms with Crippen molar-refractivity contribution in [3.05, 3.63) is 63.2 Å². The first-order valence-electron chi connectivity index (χ1n) is 11.3. The van der Waals surface area contributed by atoms with Crippen LogP contribution in [-0.4, -0.2) is 22.7 Å². The lowest BCUT2D eigenvalue weighted by atomic mass is 9.93. The Morgan fingerprint density at radius 3 is 2.85 bits per heavy atom. The summed E-state index contributed by atoms with van der Waals surface area (Å²) in [6, 6.07) is 3.57. The summed E-state index contributed by atoms with van der Waals surface area (Å²) in [6.07, 6.45) is 8.94. The molecule has 1 aliphatic heterocycles. The molecule has 0 atom stereocenters. The molecule has 1 fully saturated rings. The quantitative estimate of drug-likeness (QED) is 0.337. The predicted molar refractivity (Wildman–Crippen MR) is 127 cm³/mol. The number of aryl methyl sites for hydroxylation is 2. The van der Waals surface area contributed by atoms with Gasteiger partial charge in [-0.2, -0.15) is 0 Å². The van der Waals surface area contributed by atoms with E-state index < -0.39 is 5.82 Å². The fraction of sp³-hybridized carbons (Fsp3) is 0.400. The van der Waals surface area contributed by atoms with Gasteiger partial charge in [0.1, 0.15) is 12.3 Å². The van der Waals surface area contributed by atoms with Crippen molar-refractivity contribution < 1.29 is 9.13 Å². The number of rotatable bonds is 5. The number of benzene rings is 1. The summed E-state index contributed by atoms with van der Waals surface area (Å²) in [6.45, 7) is 9.69. The number of nitrogen functional groups attached to an aromatic ring is 1. The number of anilines is 2. The van der Waals surface area contributed by atoms with Crippen LogP contribution >= 0.6 is 0 Å². The molecule has 1 aromatic carbocycles. The van der Waals surface area contributed by atoms with E-state index in [1.807, 2.05) is 12.3 Å². The van der Waals surface area contributed by atoms with Crippen LogP contribution < -0.4 is 21.2 Å². The first-order valence-corrected chi connectivity index (χ1v) is 11.3. The molecule has 1 aliphatic carbocycles. The van der Waals surface area contributed by atoms with Crippen LogP contribution in [0.1, 0.15) is 43.4 Å². The van der Waals surface area contributed by atoms with Crippen LogP contribution in [0.3, 0.4) is 0 Å². The monoisotopic (exact) mass is 447 g/mol. The Balaban J connectivity index is 1.49. The van der Waals surface area contributed by atoms with Crippen molar-refractivity contribution in [3.63, 3.8) is 0 Å². The van der Waals surface area contributed by atoms with Gasteiger partial charge in [0.15, 0.2) is 17.0 Å². The maximum atomic E-state index is 15.4. The van der Waals surface area contributed by atoms with Gasteiger partial charge in [-0.1, -0.05) is 25.0 Å². The molecule has 0 saturated heterocycles. The van der Waals surface area contributed by atoms with Crippen molar-refractivity contribution in [3.8, 4) is 5.75 Å². The number of nitrogens with zero attached hydrogens (tertiary/aromatic N) is 3. The van der Waals surface area contributed by atoms with Crippen molar-refractivity contribution in [2.24, 2.45) is 0 Å². The van der Waals surface area contributed by atoms with Gasteiger partial charge in [0.05, 0.1) is 28.7 Å². The summed E-state index contributed by atoms with van der Waals surface area (Å²) >= 11 is 0. The number of fused-ring (bicyclic) bond motifs is 1. The SMILES string of the molecule is [C-]#[N+]c1ccc(CCCNc2c(F)c(N)c3c(=O)c(C)cn4c3c2OCC42CCCC2)nc1. The summed E-state index contributed by atoms with van der Waals surface area (Å²) in [4.78, 5) is 20.6. The Labute approximate surface area is 191 Å². The van der Waals surface area contributed by atoms with Crippen LogP contribution in [0.4, 0.5) is 21.5 Å². The fourth-order valence-corrected chi connectivity index (χ4v) is 5.16. The molecule has 2 aliphatic rings. The zero-order chi connectivity index (χ0) is 23.2. The summed E-state index contributed by atoms with van der Waals surface area (Å²) in [5.74, 6) is -0.278. The minimum atomic E-state index is -0.645. The van der Waals surface area contributed by atoms with E-state index in [0.29, 0.717) is 48.5 Å². The topological polar surface area (TPSA) is 86.5 Å². The van der Waals surface area contributed by atoms with Gasteiger partial charge in [-0.15, -0.1) is 0 Å². The highest BCUT2D eigenvalue weighted by atomic mass is 19.1. The molecule has 1 spiro atoms. The zero-order valence-corrected chi connectivity index (χ0v) is 18.6. The number of nitrogens with one attached hydrogen (secondary N) is 1. The summed E-state index contributed by atoms with van der Waals surface area (Å²) in [7, 11) is 0. The van der Waals surface area contributed by atoms with Gasteiger partial charge >= 0.3 is 0 Å². The lowest BCUT2D eigenvalue weighted by molar-refractivity contribution is 0.143. The predicted octanol–water partition coefficient (Wildman–Crippen LogP) is 4.68. The van der Waals surface area contributed by atoms with Crippen molar-refractivity contribution >= 4 is 28.0 Å². The Hall–Kier alpha value is -3.60. The highest BCUT2D eigenvalue weighted by molar-refractivity contribution is 6.00. The molecule has 3 heterocycles. The molecule has 0 radical (unpaired) electrons. The van der Waals surface area contributed by atoms with Crippen LogP contribution in [-0.2, 0) is 12.0 Å². The van der Waals surface area contributed by atoms with Gasteiger partial charge < -0.3 is 20.4 Å². The van der Waals surface area contributed by atoms with Gasteiger partial charge in [-0.25, -0.2) is 9.24 Å². The van der Waals surface area contributed by atoms with Crippen molar-refractivity contribution in [1.29, 1.82) is 0 Å². The summed E-state index contributed by atoms with van der Waals surface area (Å²) in [5, 5.41) is 3.37. The molecule has 7 nitrogen and oxygen atoms in total. The highest BCUT2D eigenvalue weighted by Gasteiger charge is 2.42. The van der Waals surface area contributed by atoms with Gasteiger partial charge in [-0.3, -0.25) is 9.78 Å². The molecule has 170 valence electrons. The van der Waals surface area contributed by atoms with E-state index in [4.69, 9.17) is 17.0 Å². The molecular weight excluding hydrogens is 421 g/mol. The van der Waals surface area contributed by atoms with Crippen molar-refractivity contribution in [2.75, 3.05) is 24.2 Å².